The molecule has 0 N–H and O–H groups in total. The summed E-state index contributed by atoms with van der Waals surface area (Å²) in [6.45, 7) is 0.456. The second-order valence-corrected chi connectivity index (χ2v) is 5.13. The van der Waals surface area contributed by atoms with E-state index in [2.05, 4.69) is 0 Å². The number of hydrogen-bond donors (Lipinski definition) is 0. The molecule has 1 aromatic carbocycles. The lowest BCUT2D eigenvalue weighted by atomic mass is 10.1. The van der Waals surface area contributed by atoms with Crippen LogP contribution < -0.4 is 4.74 Å². The molecule has 23 heavy (non-hydrogen) atoms. The Bertz CT molecular complexity index is 650. The number of nitrogens with zero attached hydrogens (tertiary/aromatic N) is 1. The maximum Gasteiger partial charge on any atom is 0.341 e. The summed E-state index contributed by atoms with van der Waals surface area (Å²) in [6.07, 6.45) is 4.98. The highest BCUT2D eigenvalue weighted by atomic mass is 16.5. The third-order valence-corrected chi connectivity index (χ3v) is 3.64. The molecule has 1 saturated heterocycles. The van der Waals surface area contributed by atoms with Crippen LogP contribution in [0.4, 0.5) is 0 Å². The van der Waals surface area contributed by atoms with E-state index < -0.39 is 5.97 Å². The molecule has 0 atom stereocenters. The fourth-order valence-electron chi connectivity index (χ4n) is 2.40. The summed E-state index contributed by atoms with van der Waals surface area (Å²) in [6, 6.07) is 4.92. The second kappa shape index (κ2) is 7.58. The van der Waals surface area contributed by atoms with Gasteiger partial charge in [0.2, 0.25) is 5.91 Å². The normalized spacial score (nSPS) is 14.9. The maximum atomic E-state index is 12.1. The van der Waals surface area contributed by atoms with Crippen molar-refractivity contribution in [3.05, 3.63) is 35.4 Å². The largest absolute Gasteiger partial charge is 0.496 e. The van der Waals surface area contributed by atoms with Crippen LogP contribution in [0, 0.1) is 0 Å². The van der Waals surface area contributed by atoms with Crippen molar-refractivity contribution in [2.75, 3.05) is 20.8 Å². The summed E-state index contributed by atoms with van der Waals surface area (Å²) < 4.78 is 9.82. The van der Waals surface area contributed by atoms with E-state index in [0.29, 0.717) is 24.3 Å². The lowest BCUT2D eigenvalue weighted by molar-refractivity contribution is -0.143. The molecule has 0 spiro atoms. The molecule has 6 heteroatoms. The monoisotopic (exact) mass is 317 g/mol. The SMILES string of the molecule is COC(=O)c1cc(/C=C/C(=O)N2CCCCC2=O)ccc1OC. The number of ether oxygens (including phenoxy) is 2. The minimum absolute atomic E-state index is 0.143. The fourth-order valence-corrected chi connectivity index (χ4v) is 2.40. The van der Waals surface area contributed by atoms with E-state index in [1.54, 1.807) is 24.3 Å². The highest BCUT2D eigenvalue weighted by Crippen LogP contribution is 2.21. The van der Waals surface area contributed by atoms with E-state index in [0.717, 1.165) is 12.8 Å². The summed E-state index contributed by atoms with van der Waals surface area (Å²) in [4.78, 5) is 36.8. The number of hydrogen-bond acceptors (Lipinski definition) is 5. The Balaban J connectivity index is 2.17. The fraction of sp³-hybridized carbons (Fsp3) is 0.353. The van der Waals surface area contributed by atoms with Crippen LogP contribution in [0.2, 0.25) is 0 Å². The molecule has 1 aliphatic heterocycles. The average molecular weight is 317 g/mol. The van der Waals surface area contributed by atoms with Gasteiger partial charge in [-0.1, -0.05) is 6.07 Å². The first-order chi connectivity index (χ1) is 11.1. The van der Waals surface area contributed by atoms with Gasteiger partial charge in [-0.25, -0.2) is 4.79 Å². The van der Waals surface area contributed by atoms with Gasteiger partial charge in [0.15, 0.2) is 0 Å². The van der Waals surface area contributed by atoms with E-state index >= 15 is 0 Å². The Kier molecular flexibility index (Phi) is 5.51. The van der Waals surface area contributed by atoms with E-state index in [9.17, 15) is 14.4 Å². The number of carbonyl (C=O) groups is 3. The van der Waals surface area contributed by atoms with Gasteiger partial charge in [0.25, 0.3) is 5.91 Å². The van der Waals surface area contributed by atoms with E-state index in [1.807, 2.05) is 0 Å². The van der Waals surface area contributed by atoms with Gasteiger partial charge in [-0.15, -0.1) is 0 Å². The molecule has 6 nitrogen and oxygen atoms in total. The first-order valence-corrected chi connectivity index (χ1v) is 7.35. The number of carbonyl (C=O) groups excluding carboxylic acids is 3. The van der Waals surface area contributed by atoms with Gasteiger partial charge in [0, 0.05) is 19.0 Å². The van der Waals surface area contributed by atoms with Crippen LogP contribution in [-0.4, -0.2) is 43.4 Å². The average Bonchev–Trinajstić information content (AvgIpc) is 2.59. The molecule has 0 aliphatic carbocycles. The van der Waals surface area contributed by atoms with E-state index in [-0.39, 0.29) is 17.4 Å². The Morgan fingerprint density at radius 1 is 1.22 bits per heavy atom. The van der Waals surface area contributed by atoms with Crippen molar-refractivity contribution < 1.29 is 23.9 Å². The first-order valence-electron chi connectivity index (χ1n) is 7.35. The molecule has 0 saturated carbocycles. The number of methoxy groups -OCH3 is 2. The number of rotatable bonds is 4. The van der Waals surface area contributed by atoms with Crippen molar-refractivity contribution in [2.24, 2.45) is 0 Å². The van der Waals surface area contributed by atoms with Crippen molar-refractivity contribution in [2.45, 2.75) is 19.3 Å². The number of benzene rings is 1. The molecular weight excluding hydrogens is 298 g/mol. The molecule has 122 valence electrons. The van der Waals surface area contributed by atoms with Gasteiger partial charge in [-0.2, -0.15) is 0 Å². The van der Waals surface area contributed by atoms with Crippen LogP contribution in [0.15, 0.2) is 24.3 Å². The first kappa shape index (κ1) is 16.7. The summed E-state index contributed by atoms with van der Waals surface area (Å²) in [5, 5.41) is 0. The van der Waals surface area contributed by atoms with E-state index in [4.69, 9.17) is 9.47 Å². The zero-order chi connectivity index (χ0) is 16.8. The molecule has 0 unspecified atom stereocenters. The standard InChI is InChI=1S/C17H19NO5/c1-22-14-8-6-12(11-13(14)17(21)23-2)7-9-16(20)18-10-4-3-5-15(18)19/h6-9,11H,3-5,10H2,1-2H3/b9-7+. The zero-order valence-electron chi connectivity index (χ0n) is 13.2. The Morgan fingerprint density at radius 3 is 2.65 bits per heavy atom. The number of esters is 1. The van der Waals surface area contributed by atoms with Crippen molar-refractivity contribution in [3.63, 3.8) is 0 Å². The van der Waals surface area contributed by atoms with Gasteiger partial charge in [-0.05, 0) is 36.6 Å². The highest BCUT2D eigenvalue weighted by molar-refractivity contribution is 6.03. The lowest BCUT2D eigenvalue weighted by Gasteiger charge is -2.23. The molecular formula is C17H19NO5. The number of imide groups is 1. The predicted molar refractivity (Wildman–Crippen MR) is 83.9 cm³/mol. The molecule has 0 bridgehead atoms. The van der Waals surface area contributed by atoms with Crippen molar-refractivity contribution >= 4 is 23.9 Å². The summed E-state index contributed by atoms with van der Waals surface area (Å²) in [5.74, 6) is -0.609. The topological polar surface area (TPSA) is 72.9 Å². The van der Waals surface area contributed by atoms with Crippen LogP contribution in [0.25, 0.3) is 6.08 Å². The second-order valence-electron chi connectivity index (χ2n) is 5.13. The zero-order valence-corrected chi connectivity index (χ0v) is 13.2. The number of piperidine rings is 1. The van der Waals surface area contributed by atoms with Crippen LogP contribution in [-0.2, 0) is 14.3 Å². The molecule has 1 aliphatic rings. The van der Waals surface area contributed by atoms with Gasteiger partial charge in [0.05, 0.1) is 14.2 Å². The Morgan fingerprint density at radius 2 is 2.00 bits per heavy atom. The molecule has 1 heterocycles. The maximum absolute atomic E-state index is 12.1. The summed E-state index contributed by atoms with van der Waals surface area (Å²) >= 11 is 0. The highest BCUT2D eigenvalue weighted by Gasteiger charge is 2.22. The molecule has 2 amide bonds. The lowest BCUT2D eigenvalue weighted by Crippen LogP contribution is -2.39. The quantitative estimate of drug-likeness (QED) is 0.627. The third-order valence-electron chi connectivity index (χ3n) is 3.64. The van der Waals surface area contributed by atoms with Crippen molar-refractivity contribution in [1.29, 1.82) is 0 Å². The van der Waals surface area contributed by atoms with Crippen LogP contribution in [0.5, 0.6) is 5.75 Å². The van der Waals surface area contributed by atoms with Gasteiger partial charge >= 0.3 is 5.97 Å². The Hall–Kier alpha value is -2.63. The van der Waals surface area contributed by atoms with Crippen LogP contribution >= 0.6 is 0 Å². The molecule has 2 rings (SSSR count). The summed E-state index contributed by atoms with van der Waals surface area (Å²) in [7, 11) is 2.75. The Labute approximate surface area is 134 Å². The predicted octanol–water partition coefficient (Wildman–Crippen LogP) is 2.03. The van der Waals surface area contributed by atoms with Gasteiger partial charge in [0.1, 0.15) is 11.3 Å². The molecule has 1 aromatic rings. The molecule has 1 fully saturated rings. The molecule has 0 radical (unpaired) electrons. The van der Waals surface area contributed by atoms with Crippen molar-refractivity contribution in [1.82, 2.24) is 4.90 Å². The third kappa shape index (κ3) is 3.97. The smallest absolute Gasteiger partial charge is 0.341 e. The van der Waals surface area contributed by atoms with Crippen molar-refractivity contribution in [3.8, 4) is 5.75 Å². The van der Waals surface area contributed by atoms with Gasteiger partial charge < -0.3 is 9.47 Å². The minimum atomic E-state index is -0.519. The summed E-state index contributed by atoms with van der Waals surface area (Å²) in [5.41, 5.74) is 0.919. The number of likely N-dealkylation sites (tertiary alicyclic amines) is 1. The van der Waals surface area contributed by atoms with Gasteiger partial charge in [-0.3, -0.25) is 14.5 Å². The molecule has 0 aromatic heterocycles. The minimum Gasteiger partial charge on any atom is -0.496 e. The number of amides is 2. The van der Waals surface area contributed by atoms with E-state index in [1.165, 1.54) is 25.2 Å². The van der Waals surface area contributed by atoms with Crippen LogP contribution in [0.3, 0.4) is 0 Å². The van der Waals surface area contributed by atoms with Crippen LogP contribution in [0.1, 0.15) is 35.2 Å².